The van der Waals surface area contributed by atoms with Gasteiger partial charge in [0.05, 0.1) is 26.4 Å². The molecule has 4 rings (SSSR count). The highest BCUT2D eigenvalue weighted by Gasteiger charge is 2.46. The summed E-state index contributed by atoms with van der Waals surface area (Å²) in [6.45, 7) is 5.31. The van der Waals surface area contributed by atoms with Gasteiger partial charge in [0.1, 0.15) is 54.9 Å². The van der Waals surface area contributed by atoms with Gasteiger partial charge in [-0.05, 0) is 51.8 Å². The molecular formula is C32H44O14. The molecule has 0 aliphatic carbocycles. The minimum Gasteiger partial charge on any atom is -0.493 e. The van der Waals surface area contributed by atoms with Crippen LogP contribution < -0.4 is 15.1 Å². The standard InChI is InChI=1S/C32H44O14/c1-16(10-11-41-22-13-20-19(12-21(22)40-4)8-9-24(33)45-20)6-5-7-17(2)14-42-32-30(39)28(37)26(35)23(46-32)15-43-31-29(38)27(36)25(34)18(3)44-31/h7-10,12-13,18,23,25-32,34-39H,5-6,11,14-15H2,1-4H3. The summed E-state index contributed by atoms with van der Waals surface area (Å²) < 4.78 is 38.7. The molecule has 2 aliphatic heterocycles. The number of allylic oxidation sites excluding steroid dienone is 2. The summed E-state index contributed by atoms with van der Waals surface area (Å²) in [4.78, 5) is 11.6. The van der Waals surface area contributed by atoms with Gasteiger partial charge in [0, 0.05) is 17.5 Å². The van der Waals surface area contributed by atoms with Crippen molar-refractivity contribution in [2.75, 3.05) is 26.9 Å². The maximum Gasteiger partial charge on any atom is 0.336 e. The van der Waals surface area contributed by atoms with E-state index in [0.717, 1.165) is 23.0 Å². The normalized spacial score (nSPS) is 32.5. The van der Waals surface area contributed by atoms with Crippen molar-refractivity contribution in [3.05, 3.63) is 58.0 Å². The van der Waals surface area contributed by atoms with Gasteiger partial charge in [-0.2, -0.15) is 0 Å². The molecule has 0 amide bonds. The molecule has 2 aliphatic rings. The monoisotopic (exact) mass is 652 g/mol. The SMILES string of the molecule is COc1cc2ccc(=O)oc2cc1OCC=C(C)CCC=C(C)COC1OC(COC2OC(C)C(O)C(O)C2O)C(O)C(O)C1O. The van der Waals surface area contributed by atoms with Gasteiger partial charge in [-0.25, -0.2) is 4.79 Å². The van der Waals surface area contributed by atoms with E-state index in [9.17, 15) is 35.4 Å². The molecule has 6 N–H and O–H groups in total. The molecule has 2 saturated heterocycles. The van der Waals surface area contributed by atoms with Gasteiger partial charge < -0.3 is 63.5 Å². The Morgan fingerprint density at radius 1 is 0.826 bits per heavy atom. The second kappa shape index (κ2) is 16.3. The first-order chi connectivity index (χ1) is 21.9. The number of hydrogen-bond donors (Lipinski definition) is 6. The second-order valence-corrected chi connectivity index (χ2v) is 11.6. The summed E-state index contributed by atoms with van der Waals surface area (Å²) in [5.41, 5.74) is 1.87. The lowest BCUT2D eigenvalue weighted by Gasteiger charge is -2.42. The van der Waals surface area contributed by atoms with Crippen molar-refractivity contribution < 1.29 is 63.5 Å². The van der Waals surface area contributed by atoms with Crippen LogP contribution in [-0.2, 0) is 18.9 Å². The Kier molecular flexibility index (Phi) is 12.7. The topological polar surface area (TPSA) is 207 Å². The molecule has 3 heterocycles. The number of benzene rings is 1. The molecule has 1 aromatic carbocycles. The van der Waals surface area contributed by atoms with Crippen LogP contribution in [-0.4, -0.2) is 119 Å². The van der Waals surface area contributed by atoms with E-state index in [4.69, 9.17) is 32.8 Å². The van der Waals surface area contributed by atoms with Crippen molar-refractivity contribution in [3.63, 3.8) is 0 Å². The fraction of sp³-hybridized carbons (Fsp3) is 0.594. The summed E-state index contributed by atoms with van der Waals surface area (Å²) in [5.74, 6) is 0.971. The number of ether oxygens (including phenoxy) is 6. The van der Waals surface area contributed by atoms with E-state index in [1.165, 1.54) is 20.1 Å². The third-order valence-corrected chi connectivity index (χ3v) is 7.98. The molecule has 14 heteroatoms. The zero-order chi connectivity index (χ0) is 33.5. The van der Waals surface area contributed by atoms with E-state index < -0.39 is 67.0 Å². The second-order valence-electron chi connectivity index (χ2n) is 11.6. The first kappa shape index (κ1) is 36.0. The molecule has 0 saturated carbocycles. The highest BCUT2D eigenvalue weighted by atomic mass is 16.7. The molecule has 2 fully saturated rings. The van der Waals surface area contributed by atoms with Gasteiger partial charge in [-0.15, -0.1) is 0 Å². The van der Waals surface area contributed by atoms with Crippen LogP contribution in [0, 0.1) is 0 Å². The Morgan fingerprint density at radius 3 is 2.24 bits per heavy atom. The maximum absolute atomic E-state index is 11.6. The first-order valence-corrected chi connectivity index (χ1v) is 15.1. The Labute approximate surface area is 266 Å². The third-order valence-electron chi connectivity index (χ3n) is 7.98. The first-order valence-electron chi connectivity index (χ1n) is 15.1. The lowest BCUT2D eigenvalue weighted by atomic mass is 9.98. The van der Waals surface area contributed by atoms with Crippen LogP contribution in [0.2, 0.25) is 0 Å². The van der Waals surface area contributed by atoms with Crippen LogP contribution in [0.15, 0.2) is 56.8 Å². The van der Waals surface area contributed by atoms with Gasteiger partial charge in [-0.3, -0.25) is 0 Å². The minimum atomic E-state index is -1.59. The van der Waals surface area contributed by atoms with Gasteiger partial charge in [0.15, 0.2) is 24.1 Å². The summed E-state index contributed by atoms with van der Waals surface area (Å²) in [6.07, 6.45) is -8.23. The quantitative estimate of drug-likeness (QED) is 0.129. The van der Waals surface area contributed by atoms with Gasteiger partial charge in [0.2, 0.25) is 0 Å². The number of rotatable bonds is 13. The summed E-state index contributed by atoms with van der Waals surface area (Å²) >= 11 is 0. The van der Waals surface area contributed by atoms with Crippen LogP contribution >= 0.6 is 0 Å². The molecule has 10 unspecified atom stereocenters. The smallest absolute Gasteiger partial charge is 0.336 e. The molecule has 0 radical (unpaired) electrons. The maximum atomic E-state index is 11.6. The molecule has 46 heavy (non-hydrogen) atoms. The zero-order valence-electron chi connectivity index (χ0n) is 26.2. The number of fused-ring (bicyclic) bond motifs is 1. The average molecular weight is 653 g/mol. The molecule has 10 atom stereocenters. The van der Waals surface area contributed by atoms with Crippen molar-refractivity contribution in [2.24, 2.45) is 0 Å². The fourth-order valence-corrected chi connectivity index (χ4v) is 5.08. The van der Waals surface area contributed by atoms with Crippen molar-refractivity contribution in [2.45, 2.75) is 95.0 Å². The Morgan fingerprint density at radius 2 is 1.52 bits per heavy atom. The Hall–Kier alpha value is -2.89. The molecule has 0 spiro atoms. The Bertz CT molecular complexity index is 1400. The van der Waals surface area contributed by atoms with Crippen LogP contribution in [0.5, 0.6) is 11.5 Å². The predicted octanol–water partition coefficient (Wildman–Crippen LogP) is 0.521. The number of methoxy groups -OCH3 is 1. The highest BCUT2D eigenvalue weighted by Crippen LogP contribution is 2.32. The van der Waals surface area contributed by atoms with Gasteiger partial charge >= 0.3 is 5.63 Å². The van der Waals surface area contributed by atoms with E-state index in [2.05, 4.69) is 0 Å². The fourth-order valence-electron chi connectivity index (χ4n) is 5.08. The van der Waals surface area contributed by atoms with E-state index in [1.807, 2.05) is 26.0 Å². The van der Waals surface area contributed by atoms with Crippen LogP contribution in [0.1, 0.15) is 33.6 Å². The van der Waals surface area contributed by atoms with E-state index in [-0.39, 0.29) is 19.8 Å². The van der Waals surface area contributed by atoms with Gasteiger partial charge in [0.25, 0.3) is 0 Å². The van der Waals surface area contributed by atoms with Crippen LogP contribution in [0.3, 0.4) is 0 Å². The number of hydrogen-bond acceptors (Lipinski definition) is 14. The predicted molar refractivity (Wildman–Crippen MR) is 162 cm³/mol. The third kappa shape index (κ3) is 8.92. The molecule has 14 nitrogen and oxygen atoms in total. The Balaban J connectivity index is 1.23. The van der Waals surface area contributed by atoms with Crippen molar-refractivity contribution in [1.29, 1.82) is 0 Å². The van der Waals surface area contributed by atoms with Gasteiger partial charge in [-0.1, -0.05) is 17.2 Å². The van der Waals surface area contributed by atoms with Crippen molar-refractivity contribution >= 4 is 11.0 Å². The van der Waals surface area contributed by atoms with E-state index in [0.29, 0.717) is 23.5 Å². The number of aliphatic hydroxyl groups is 6. The molecule has 1 aromatic heterocycles. The van der Waals surface area contributed by atoms with E-state index >= 15 is 0 Å². The summed E-state index contributed by atoms with van der Waals surface area (Å²) in [7, 11) is 1.53. The lowest BCUT2D eigenvalue weighted by Crippen LogP contribution is -2.61. The van der Waals surface area contributed by atoms with Crippen LogP contribution in [0.4, 0.5) is 0 Å². The average Bonchev–Trinajstić information content (AvgIpc) is 3.03. The molecule has 256 valence electrons. The summed E-state index contributed by atoms with van der Waals surface area (Å²) in [5, 5.41) is 61.9. The van der Waals surface area contributed by atoms with E-state index in [1.54, 1.807) is 18.2 Å². The molecular weight excluding hydrogens is 608 g/mol. The van der Waals surface area contributed by atoms with Crippen molar-refractivity contribution in [1.82, 2.24) is 0 Å². The summed E-state index contributed by atoms with van der Waals surface area (Å²) in [6, 6.07) is 6.37. The molecule has 0 bridgehead atoms. The molecule has 2 aromatic rings. The number of aliphatic hydroxyl groups excluding tert-OH is 6. The largest absolute Gasteiger partial charge is 0.493 e. The van der Waals surface area contributed by atoms with Crippen LogP contribution in [0.25, 0.3) is 11.0 Å². The lowest BCUT2D eigenvalue weighted by molar-refractivity contribution is -0.327. The van der Waals surface area contributed by atoms with Crippen molar-refractivity contribution in [3.8, 4) is 11.5 Å². The zero-order valence-corrected chi connectivity index (χ0v) is 26.2. The minimum absolute atomic E-state index is 0.0773. The highest BCUT2D eigenvalue weighted by molar-refractivity contribution is 5.80.